The quantitative estimate of drug-likeness (QED) is 0.582. The Hall–Kier alpha value is -2.81. The Balaban J connectivity index is 1.82. The first kappa shape index (κ1) is 20.9. The summed E-state index contributed by atoms with van der Waals surface area (Å²) >= 11 is 3.22. The molecule has 0 aliphatic heterocycles. The molecule has 0 aliphatic rings. The van der Waals surface area contributed by atoms with Gasteiger partial charge in [-0.15, -0.1) is 0 Å². The highest BCUT2D eigenvalue weighted by Crippen LogP contribution is 2.29. The molecule has 0 bridgehead atoms. The molecule has 0 radical (unpaired) electrons. The van der Waals surface area contributed by atoms with Crippen LogP contribution in [0.3, 0.4) is 0 Å². The molecule has 3 rings (SSSR count). The molecule has 0 aliphatic carbocycles. The predicted molar refractivity (Wildman–Crippen MR) is 106 cm³/mol. The van der Waals surface area contributed by atoms with E-state index in [2.05, 4.69) is 25.9 Å². The first-order valence-electron chi connectivity index (χ1n) is 8.49. The van der Waals surface area contributed by atoms with E-state index in [9.17, 15) is 22.8 Å². The summed E-state index contributed by atoms with van der Waals surface area (Å²) in [5.41, 5.74) is 0.688. The van der Waals surface area contributed by atoms with Gasteiger partial charge >= 0.3 is 6.18 Å². The van der Waals surface area contributed by atoms with Crippen molar-refractivity contribution in [3.8, 4) is 17.0 Å². The van der Waals surface area contributed by atoms with Gasteiger partial charge in [0.2, 0.25) is 5.43 Å². The summed E-state index contributed by atoms with van der Waals surface area (Å²) in [6.45, 7) is 3.42. The first-order chi connectivity index (χ1) is 13.6. The second-order valence-corrected chi connectivity index (χ2v) is 7.24. The number of hydrogen-bond donors (Lipinski definition) is 2. The number of hydrogen-bond acceptors (Lipinski definition) is 3. The second-order valence-electron chi connectivity index (χ2n) is 6.45. The zero-order valence-electron chi connectivity index (χ0n) is 15.4. The zero-order valence-corrected chi connectivity index (χ0v) is 17.0. The van der Waals surface area contributed by atoms with Gasteiger partial charge in [0, 0.05) is 23.7 Å². The molecule has 29 heavy (non-hydrogen) atoms. The molecule has 0 amide bonds. The number of aromatic nitrogens is 2. The van der Waals surface area contributed by atoms with Crippen LogP contribution in [0, 0.1) is 13.8 Å². The minimum absolute atomic E-state index is 0.0247. The van der Waals surface area contributed by atoms with E-state index in [1.807, 2.05) is 0 Å². The van der Waals surface area contributed by atoms with E-state index in [-0.39, 0.29) is 29.0 Å². The SMILES string of the molecule is Cc1[nH]c(C)c(-c2c[nH]c(OCc3ccc(C(F)(F)F)cc3)cc2=O)c(=O)c1Br. The van der Waals surface area contributed by atoms with Gasteiger partial charge in [-0.2, -0.15) is 13.2 Å². The fourth-order valence-corrected chi connectivity index (χ4v) is 3.15. The Labute approximate surface area is 171 Å². The van der Waals surface area contributed by atoms with Gasteiger partial charge in [-0.05, 0) is 47.5 Å². The van der Waals surface area contributed by atoms with Gasteiger partial charge in [0.05, 0.1) is 21.2 Å². The van der Waals surface area contributed by atoms with Gasteiger partial charge in [0.15, 0.2) is 11.3 Å². The largest absolute Gasteiger partial charge is 0.474 e. The molecule has 2 N–H and O–H groups in total. The summed E-state index contributed by atoms with van der Waals surface area (Å²) in [4.78, 5) is 30.9. The lowest BCUT2D eigenvalue weighted by Gasteiger charge is -2.11. The van der Waals surface area contributed by atoms with E-state index >= 15 is 0 Å². The average Bonchev–Trinajstić information content (AvgIpc) is 2.65. The lowest BCUT2D eigenvalue weighted by molar-refractivity contribution is -0.137. The van der Waals surface area contributed by atoms with Crippen LogP contribution >= 0.6 is 15.9 Å². The molecule has 3 aromatic rings. The normalized spacial score (nSPS) is 11.5. The number of pyridine rings is 2. The molecule has 0 saturated heterocycles. The number of alkyl halides is 3. The van der Waals surface area contributed by atoms with Gasteiger partial charge in [-0.25, -0.2) is 0 Å². The summed E-state index contributed by atoms with van der Waals surface area (Å²) in [5.74, 6) is 0.138. The smallest absolute Gasteiger partial charge is 0.416 e. The zero-order chi connectivity index (χ0) is 21.3. The highest BCUT2D eigenvalue weighted by molar-refractivity contribution is 9.10. The molecule has 9 heteroatoms. The number of H-pyrrole nitrogens is 2. The third-order valence-electron chi connectivity index (χ3n) is 4.34. The van der Waals surface area contributed by atoms with Crippen molar-refractivity contribution >= 4 is 15.9 Å². The summed E-state index contributed by atoms with van der Waals surface area (Å²) in [5, 5.41) is 0. The number of benzene rings is 1. The average molecular weight is 469 g/mol. The van der Waals surface area contributed by atoms with Crippen molar-refractivity contribution < 1.29 is 17.9 Å². The van der Waals surface area contributed by atoms with Crippen molar-refractivity contribution in [3.05, 3.63) is 84.0 Å². The van der Waals surface area contributed by atoms with Crippen LogP contribution in [0.15, 0.2) is 50.6 Å². The van der Waals surface area contributed by atoms with Crippen LogP contribution in [-0.2, 0) is 12.8 Å². The highest BCUT2D eigenvalue weighted by Gasteiger charge is 2.29. The summed E-state index contributed by atoms with van der Waals surface area (Å²) in [6, 6.07) is 5.75. The van der Waals surface area contributed by atoms with Crippen LogP contribution < -0.4 is 15.6 Å². The van der Waals surface area contributed by atoms with Crippen LogP contribution in [-0.4, -0.2) is 9.97 Å². The van der Waals surface area contributed by atoms with Crippen LogP contribution in [0.2, 0.25) is 0 Å². The van der Waals surface area contributed by atoms with Gasteiger partial charge in [-0.1, -0.05) is 12.1 Å². The van der Waals surface area contributed by atoms with Crippen molar-refractivity contribution in [1.29, 1.82) is 0 Å². The number of ether oxygens (including phenoxy) is 1. The maximum Gasteiger partial charge on any atom is 0.416 e. The monoisotopic (exact) mass is 468 g/mol. The van der Waals surface area contributed by atoms with Crippen molar-refractivity contribution in [3.63, 3.8) is 0 Å². The Bertz CT molecular complexity index is 1170. The van der Waals surface area contributed by atoms with Gasteiger partial charge in [0.1, 0.15) is 6.61 Å². The molecule has 0 fully saturated rings. The topological polar surface area (TPSA) is 75.0 Å². The minimum Gasteiger partial charge on any atom is -0.474 e. The maximum atomic E-state index is 12.6. The third kappa shape index (κ3) is 4.45. The van der Waals surface area contributed by atoms with E-state index in [1.54, 1.807) is 13.8 Å². The van der Waals surface area contributed by atoms with Gasteiger partial charge in [-0.3, -0.25) is 9.59 Å². The van der Waals surface area contributed by atoms with Gasteiger partial charge < -0.3 is 14.7 Å². The predicted octanol–water partition coefficient (Wildman–Crippen LogP) is 4.71. The summed E-state index contributed by atoms with van der Waals surface area (Å²) in [7, 11) is 0. The molecule has 2 heterocycles. The molecule has 0 spiro atoms. The van der Waals surface area contributed by atoms with Crippen molar-refractivity contribution in [2.75, 3.05) is 0 Å². The molecule has 5 nitrogen and oxygen atoms in total. The number of nitrogens with one attached hydrogen (secondary N) is 2. The number of halogens is 4. The Morgan fingerprint density at radius 2 is 1.72 bits per heavy atom. The van der Waals surface area contributed by atoms with Crippen molar-refractivity contribution in [1.82, 2.24) is 9.97 Å². The Morgan fingerprint density at radius 3 is 2.31 bits per heavy atom. The highest BCUT2D eigenvalue weighted by atomic mass is 79.9. The van der Waals surface area contributed by atoms with E-state index in [0.717, 1.165) is 12.1 Å². The summed E-state index contributed by atoms with van der Waals surface area (Å²) < 4.78 is 43.6. The van der Waals surface area contributed by atoms with Gasteiger partial charge in [0.25, 0.3) is 0 Å². The van der Waals surface area contributed by atoms with Crippen LogP contribution in [0.4, 0.5) is 13.2 Å². The Morgan fingerprint density at radius 1 is 1.07 bits per heavy atom. The number of aryl methyl sites for hydroxylation is 2. The standard InChI is InChI=1S/C20H16BrF3N2O3/c1-10-17(19(28)18(21)11(2)26-10)14-8-25-16(7-15(14)27)29-9-12-3-5-13(6-4-12)20(22,23)24/h3-8H,9H2,1-2H3,(H,25,27)(H,26,28). The van der Waals surface area contributed by atoms with E-state index < -0.39 is 17.2 Å². The number of rotatable bonds is 4. The van der Waals surface area contributed by atoms with Crippen LogP contribution in [0.1, 0.15) is 22.5 Å². The molecule has 1 aromatic carbocycles. The molecule has 0 saturated carbocycles. The lowest BCUT2D eigenvalue weighted by atomic mass is 10.1. The first-order valence-corrected chi connectivity index (χ1v) is 9.28. The molecule has 152 valence electrons. The number of aromatic amines is 2. The Kier molecular flexibility index (Phi) is 5.70. The fourth-order valence-electron chi connectivity index (χ4n) is 2.86. The second kappa shape index (κ2) is 7.90. The fraction of sp³-hybridized carbons (Fsp3) is 0.200. The third-order valence-corrected chi connectivity index (χ3v) is 5.29. The molecule has 2 aromatic heterocycles. The minimum atomic E-state index is -4.40. The van der Waals surface area contributed by atoms with E-state index in [0.29, 0.717) is 21.4 Å². The van der Waals surface area contributed by atoms with Crippen molar-refractivity contribution in [2.24, 2.45) is 0 Å². The van der Waals surface area contributed by atoms with Crippen molar-refractivity contribution in [2.45, 2.75) is 26.6 Å². The maximum absolute atomic E-state index is 12.6. The molecule has 0 unspecified atom stereocenters. The lowest BCUT2D eigenvalue weighted by Crippen LogP contribution is -2.17. The molecular formula is C20H16BrF3N2O3. The van der Waals surface area contributed by atoms with E-state index in [4.69, 9.17) is 4.74 Å². The van der Waals surface area contributed by atoms with Crippen LogP contribution in [0.25, 0.3) is 11.1 Å². The van der Waals surface area contributed by atoms with E-state index in [1.165, 1.54) is 24.4 Å². The van der Waals surface area contributed by atoms with Crippen LogP contribution in [0.5, 0.6) is 5.88 Å². The molecule has 0 atom stereocenters. The molecular weight excluding hydrogens is 453 g/mol. The summed E-state index contributed by atoms with van der Waals surface area (Å²) in [6.07, 6.45) is -3.02.